The lowest BCUT2D eigenvalue weighted by atomic mass is 10.1. The molecule has 0 unspecified atom stereocenters. The molecule has 2 aromatic carbocycles. The summed E-state index contributed by atoms with van der Waals surface area (Å²) in [4.78, 5) is 22.0. The number of amides is 1. The van der Waals surface area contributed by atoms with Gasteiger partial charge in [-0.3, -0.25) is 4.79 Å². The highest BCUT2D eigenvalue weighted by molar-refractivity contribution is 9.10. The van der Waals surface area contributed by atoms with Gasteiger partial charge >= 0.3 is 0 Å². The van der Waals surface area contributed by atoms with Crippen LogP contribution in [0, 0.1) is 0 Å². The number of rotatable bonds is 5. The minimum Gasteiger partial charge on any atom is -0.348 e. The van der Waals surface area contributed by atoms with Crippen LogP contribution in [-0.4, -0.2) is 34.9 Å². The molecular weight excluding hydrogens is 398 g/mol. The fraction of sp³-hybridized carbons (Fsp3) is 0.158. The molecular formula is C19H18BrN3OS. The number of halogens is 1. The number of hydrogen-bond donors (Lipinski definition) is 1. The molecule has 6 heteroatoms. The Bertz CT molecular complexity index is 847. The summed E-state index contributed by atoms with van der Waals surface area (Å²) in [6, 6.07) is 17.8. The van der Waals surface area contributed by atoms with Gasteiger partial charge in [0.2, 0.25) is 5.91 Å². The van der Waals surface area contributed by atoms with Gasteiger partial charge in [-0.05, 0) is 23.3 Å². The van der Waals surface area contributed by atoms with E-state index in [2.05, 4.69) is 25.9 Å². The number of benzene rings is 2. The van der Waals surface area contributed by atoms with Crippen molar-refractivity contribution in [1.82, 2.24) is 14.9 Å². The Hall–Kier alpha value is -2.05. The molecule has 0 saturated heterocycles. The van der Waals surface area contributed by atoms with Gasteiger partial charge in [0.1, 0.15) is 5.25 Å². The Balaban J connectivity index is 1.85. The maximum Gasteiger partial charge on any atom is 0.240 e. The molecule has 0 spiro atoms. The van der Waals surface area contributed by atoms with Crippen molar-refractivity contribution in [2.75, 3.05) is 14.1 Å². The summed E-state index contributed by atoms with van der Waals surface area (Å²) >= 11 is 4.87. The van der Waals surface area contributed by atoms with E-state index >= 15 is 0 Å². The molecule has 0 bridgehead atoms. The van der Waals surface area contributed by atoms with Crippen molar-refractivity contribution < 1.29 is 4.79 Å². The van der Waals surface area contributed by atoms with Crippen LogP contribution < -0.4 is 0 Å². The number of nitrogens with zero attached hydrogens (tertiary/aromatic N) is 2. The summed E-state index contributed by atoms with van der Waals surface area (Å²) in [7, 11) is 3.54. The summed E-state index contributed by atoms with van der Waals surface area (Å²) in [5.41, 5.74) is 2.95. The summed E-state index contributed by atoms with van der Waals surface area (Å²) in [5.74, 6) is 0.0396. The third-order valence-electron chi connectivity index (χ3n) is 3.70. The van der Waals surface area contributed by atoms with Crippen LogP contribution in [0.4, 0.5) is 0 Å². The van der Waals surface area contributed by atoms with Gasteiger partial charge in [-0.25, -0.2) is 4.98 Å². The zero-order chi connectivity index (χ0) is 17.8. The van der Waals surface area contributed by atoms with E-state index in [0.29, 0.717) is 0 Å². The largest absolute Gasteiger partial charge is 0.348 e. The fourth-order valence-corrected chi connectivity index (χ4v) is 3.75. The molecule has 1 heterocycles. The normalized spacial score (nSPS) is 12.0. The summed E-state index contributed by atoms with van der Waals surface area (Å²) in [5, 5.41) is 0.391. The van der Waals surface area contributed by atoms with E-state index in [0.717, 1.165) is 26.4 Å². The number of H-pyrrole nitrogens is 1. The molecule has 0 radical (unpaired) electrons. The van der Waals surface area contributed by atoms with E-state index in [9.17, 15) is 4.79 Å². The maximum absolute atomic E-state index is 12.6. The molecule has 1 N–H and O–H groups in total. The highest BCUT2D eigenvalue weighted by atomic mass is 79.9. The average Bonchev–Trinajstić information content (AvgIpc) is 3.09. The number of aromatic nitrogens is 2. The molecule has 0 fully saturated rings. The van der Waals surface area contributed by atoms with Gasteiger partial charge in [-0.15, -0.1) is 0 Å². The number of imidazole rings is 1. The Morgan fingerprint density at radius 1 is 1.12 bits per heavy atom. The van der Waals surface area contributed by atoms with Crippen LogP contribution in [0.15, 0.2) is 70.4 Å². The Kier molecular flexibility index (Phi) is 5.60. The monoisotopic (exact) mass is 415 g/mol. The third kappa shape index (κ3) is 4.32. The number of thioether (sulfide) groups is 1. The summed E-state index contributed by atoms with van der Waals surface area (Å²) in [6.45, 7) is 0. The lowest BCUT2D eigenvalue weighted by Crippen LogP contribution is -2.26. The van der Waals surface area contributed by atoms with Crippen molar-refractivity contribution in [3.05, 3.63) is 70.8 Å². The van der Waals surface area contributed by atoms with Gasteiger partial charge in [-0.1, -0.05) is 70.2 Å². The van der Waals surface area contributed by atoms with E-state index in [1.54, 1.807) is 25.2 Å². The minimum absolute atomic E-state index is 0.0396. The van der Waals surface area contributed by atoms with E-state index in [1.165, 1.54) is 11.8 Å². The first-order valence-electron chi connectivity index (χ1n) is 7.78. The zero-order valence-corrected chi connectivity index (χ0v) is 16.3. The molecule has 0 aliphatic heterocycles. The Morgan fingerprint density at radius 2 is 1.80 bits per heavy atom. The number of hydrogen-bond acceptors (Lipinski definition) is 3. The number of aromatic amines is 1. The quantitative estimate of drug-likeness (QED) is 0.610. The molecule has 1 aromatic heterocycles. The van der Waals surface area contributed by atoms with Crippen molar-refractivity contribution in [3.63, 3.8) is 0 Å². The van der Waals surface area contributed by atoms with E-state index in [4.69, 9.17) is 0 Å². The van der Waals surface area contributed by atoms with E-state index < -0.39 is 0 Å². The smallest absolute Gasteiger partial charge is 0.240 e. The number of likely N-dealkylation sites (N-methyl/N-ethyl adjacent to an activating group) is 1. The number of nitrogens with one attached hydrogen (secondary N) is 1. The van der Waals surface area contributed by atoms with Gasteiger partial charge in [0.25, 0.3) is 0 Å². The summed E-state index contributed by atoms with van der Waals surface area (Å²) in [6.07, 6.45) is 1.80. The van der Waals surface area contributed by atoms with Crippen molar-refractivity contribution in [2.45, 2.75) is 10.4 Å². The first-order chi connectivity index (χ1) is 12.0. The molecule has 25 heavy (non-hydrogen) atoms. The van der Waals surface area contributed by atoms with E-state index in [-0.39, 0.29) is 11.2 Å². The Morgan fingerprint density at radius 3 is 2.44 bits per heavy atom. The van der Waals surface area contributed by atoms with Crippen molar-refractivity contribution in [3.8, 4) is 11.3 Å². The molecule has 3 rings (SSSR count). The molecule has 1 atom stereocenters. The molecule has 0 aliphatic carbocycles. The van der Waals surface area contributed by atoms with Crippen LogP contribution in [0.3, 0.4) is 0 Å². The number of carbonyl (C=O) groups excluding carboxylic acids is 1. The van der Waals surface area contributed by atoms with Crippen molar-refractivity contribution in [2.24, 2.45) is 0 Å². The second-order valence-electron chi connectivity index (χ2n) is 5.75. The first kappa shape index (κ1) is 17.8. The molecule has 1 amide bonds. The Labute approximate surface area is 159 Å². The van der Waals surface area contributed by atoms with Crippen LogP contribution in [0.2, 0.25) is 0 Å². The van der Waals surface area contributed by atoms with Crippen LogP contribution in [0.25, 0.3) is 11.3 Å². The second-order valence-corrected chi connectivity index (χ2v) is 7.76. The predicted molar refractivity (Wildman–Crippen MR) is 105 cm³/mol. The SMILES string of the molecule is CN(C)C(=O)[C@H](Sc1ncc(-c2ccc(Br)cc2)[nH]1)c1ccccc1. The van der Waals surface area contributed by atoms with Crippen molar-refractivity contribution >= 4 is 33.6 Å². The van der Waals surface area contributed by atoms with Gasteiger partial charge in [0, 0.05) is 18.6 Å². The van der Waals surface area contributed by atoms with Gasteiger partial charge in [-0.2, -0.15) is 0 Å². The fourth-order valence-electron chi connectivity index (χ4n) is 2.37. The minimum atomic E-state index is -0.333. The molecule has 0 saturated carbocycles. The molecule has 3 aromatic rings. The average molecular weight is 416 g/mol. The van der Waals surface area contributed by atoms with Crippen LogP contribution in [-0.2, 0) is 4.79 Å². The van der Waals surface area contributed by atoms with Gasteiger partial charge < -0.3 is 9.88 Å². The zero-order valence-electron chi connectivity index (χ0n) is 13.9. The first-order valence-corrected chi connectivity index (χ1v) is 9.45. The van der Waals surface area contributed by atoms with Crippen LogP contribution in [0.1, 0.15) is 10.8 Å². The maximum atomic E-state index is 12.6. The highest BCUT2D eigenvalue weighted by Crippen LogP contribution is 2.35. The predicted octanol–water partition coefficient (Wildman–Crippen LogP) is 4.76. The standard InChI is InChI=1S/C19H18BrN3OS/c1-23(2)18(24)17(14-6-4-3-5-7-14)25-19-21-12-16(22-19)13-8-10-15(20)11-9-13/h3-12,17H,1-2H3,(H,21,22)/t17-/m1/s1. The topological polar surface area (TPSA) is 49.0 Å². The summed E-state index contributed by atoms with van der Waals surface area (Å²) < 4.78 is 1.03. The molecule has 0 aliphatic rings. The van der Waals surface area contributed by atoms with Crippen LogP contribution >= 0.6 is 27.7 Å². The number of carbonyl (C=O) groups is 1. The molecule has 128 valence electrons. The third-order valence-corrected chi connectivity index (χ3v) is 5.37. The van der Waals surface area contributed by atoms with Gasteiger partial charge in [0.15, 0.2) is 5.16 Å². The second kappa shape index (κ2) is 7.89. The van der Waals surface area contributed by atoms with E-state index in [1.807, 2.05) is 54.6 Å². The lowest BCUT2D eigenvalue weighted by molar-refractivity contribution is -0.128. The highest BCUT2D eigenvalue weighted by Gasteiger charge is 2.24. The van der Waals surface area contributed by atoms with Crippen LogP contribution in [0.5, 0.6) is 0 Å². The van der Waals surface area contributed by atoms with Gasteiger partial charge in [0.05, 0.1) is 11.9 Å². The molecule has 4 nitrogen and oxygen atoms in total. The lowest BCUT2D eigenvalue weighted by Gasteiger charge is -2.19. The van der Waals surface area contributed by atoms with Crippen molar-refractivity contribution in [1.29, 1.82) is 0 Å².